The van der Waals surface area contributed by atoms with Crippen molar-refractivity contribution in [2.75, 3.05) is 11.9 Å². The third-order valence-electron chi connectivity index (χ3n) is 2.84. The lowest BCUT2D eigenvalue weighted by Gasteiger charge is -2.19. The fraction of sp³-hybridized carbons (Fsp3) is 0.538. The molecule has 0 bridgehead atoms. The van der Waals surface area contributed by atoms with Crippen molar-refractivity contribution >= 4 is 5.69 Å². The van der Waals surface area contributed by atoms with E-state index < -0.39 is 0 Å². The SMILES string of the molecule is CC(C)Cc1cc2c(cc1F)NCCC2. The number of halogens is 1. The van der Waals surface area contributed by atoms with E-state index in [-0.39, 0.29) is 5.82 Å². The van der Waals surface area contributed by atoms with Crippen molar-refractivity contribution in [1.29, 1.82) is 0 Å². The maximum atomic E-state index is 13.7. The molecular formula is C13H18FN. The molecule has 82 valence electrons. The highest BCUT2D eigenvalue weighted by atomic mass is 19.1. The van der Waals surface area contributed by atoms with E-state index in [0.29, 0.717) is 5.92 Å². The standard InChI is InChI=1S/C13H18FN/c1-9(2)6-11-7-10-4-3-5-15-13(10)8-12(11)14/h7-9,15H,3-6H2,1-2H3. The van der Waals surface area contributed by atoms with Gasteiger partial charge in [-0.2, -0.15) is 0 Å². The van der Waals surface area contributed by atoms with Gasteiger partial charge in [0, 0.05) is 12.2 Å². The number of nitrogens with one attached hydrogen (secondary N) is 1. The molecule has 1 aromatic carbocycles. The Morgan fingerprint density at radius 2 is 2.20 bits per heavy atom. The largest absolute Gasteiger partial charge is 0.385 e. The van der Waals surface area contributed by atoms with Gasteiger partial charge in [-0.05, 0) is 42.4 Å². The zero-order valence-electron chi connectivity index (χ0n) is 9.44. The summed E-state index contributed by atoms with van der Waals surface area (Å²) in [6.07, 6.45) is 3.06. The van der Waals surface area contributed by atoms with E-state index >= 15 is 0 Å². The second-order valence-electron chi connectivity index (χ2n) is 4.73. The predicted octanol–water partition coefficient (Wildman–Crippen LogP) is 3.38. The van der Waals surface area contributed by atoms with Gasteiger partial charge in [0.05, 0.1) is 0 Å². The summed E-state index contributed by atoms with van der Waals surface area (Å²) in [5, 5.41) is 3.24. The molecule has 0 amide bonds. The van der Waals surface area contributed by atoms with Crippen molar-refractivity contribution in [2.45, 2.75) is 33.1 Å². The average molecular weight is 207 g/mol. The summed E-state index contributed by atoms with van der Waals surface area (Å²) < 4.78 is 13.7. The number of fused-ring (bicyclic) bond motifs is 1. The summed E-state index contributed by atoms with van der Waals surface area (Å²) in [7, 11) is 0. The highest BCUT2D eigenvalue weighted by Crippen LogP contribution is 2.26. The van der Waals surface area contributed by atoms with Gasteiger partial charge >= 0.3 is 0 Å². The van der Waals surface area contributed by atoms with Crippen molar-refractivity contribution in [2.24, 2.45) is 5.92 Å². The molecule has 1 aromatic rings. The van der Waals surface area contributed by atoms with Crippen LogP contribution in [-0.4, -0.2) is 6.54 Å². The van der Waals surface area contributed by atoms with Crippen LogP contribution in [0.15, 0.2) is 12.1 Å². The summed E-state index contributed by atoms with van der Waals surface area (Å²) in [5.74, 6) is 0.450. The Morgan fingerprint density at radius 3 is 2.93 bits per heavy atom. The Morgan fingerprint density at radius 1 is 1.40 bits per heavy atom. The molecule has 0 aliphatic carbocycles. The lowest BCUT2D eigenvalue weighted by molar-refractivity contribution is 0.572. The minimum atomic E-state index is -0.0585. The number of hydrogen-bond acceptors (Lipinski definition) is 1. The van der Waals surface area contributed by atoms with Crippen LogP contribution in [0.4, 0.5) is 10.1 Å². The molecule has 0 unspecified atom stereocenters. The lowest BCUT2D eigenvalue weighted by Crippen LogP contribution is -2.13. The molecule has 15 heavy (non-hydrogen) atoms. The number of rotatable bonds is 2. The quantitative estimate of drug-likeness (QED) is 0.784. The summed E-state index contributed by atoms with van der Waals surface area (Å²) >= 11 is 0. The van der Waals surface area contributed by atoms with Crippen molar-refractivity contribution in [3.8, 4) is 0 Å². The first-order valence-corrected chi connectivity index (χ1v) is 5.72. The second-order valence-corrected chi connectivity index (χ2v) is 4.73. The highest BCUT2D eigenvalue weighted by Gasteiger charge is 2.13. The summed E-state index contributed by atoms with van der Waals surface area (Å²) in [4.78, 5) is 0. The van der Waals surface area contributed by atoms with Crippen LogP contribution in [0.2, 0.25) is 0 Å². The van der Waals surface area contributed by atoms with E-state index in [1.54, 1.807) is 6.07 Å². The molecule has 0 aromatic heterocycles. The first-order chi connectivity index (χ1) is 7.16. The van der Waals surface area contributed by atoms with Crippen LogP contribution in [0.3, 0.4) is 0 Å². The van der Waals surface area contributed by atoms with E-state index in [9.17, 15) is 4.39 Å². The van der Waals surface area contributed by atoms with Crippen molar-refractivity contribution in [3.05, 3.63) is 29.1 Å². The molecule has 0 saturated carbocycles. The molecule has 1 N–H and O–H groups in total. The molecule has 1 heterocycles. The lowest BCUT2D eigenvalue weighted by atomic mass is 9.96. The molecule has 1 aliphatic rings. The monoisotopic (exact) mass is 207 g/mol. The van der Waals surface area contributed by atoms with Gasteiger partial charge in [-0.15, -0.1) is 0 Å². The summed E-state index contributed by atoms with van der Waals surface area (Å²) in [6, 6.07) is 3.70. The number of hydrogen-bond donors (Lipinski definition) is 1. The first kappa shape index (κ1) is 10.5. The Hall–Kier alpha value is -1.05. The van der Waals surface area contributed by atoms with E-state index in [4.69, 9.17) is 0 Å². The average Bonchev–Trinajstić information content (AvgIpc) is 2.18. The van der Waals surface area contributed by atoms with Gasteiger partial charge in [-0.1, -0.05) is 19.9 Å². The van der Waals surface area contributed by atoms with Gasteiger partial charge in [-0.25, -0.2) is 4.39 Å². The van der Waals surface area contributed by atoms with Crippen LogP contribution < -0.4 is 5.32 Å². The molecule has 0 fully saturated rings. The zero-order chi connectivity index (χ0) is 10.8. The van der Waals surface area contributed by atoms with Crippen molar-refractivity contribution < 1.29 is 4.39 Å². The molecule has 2 rings (SSSR count). The maximum Gasteiger partial charge on any atom is 0.128 e. The number of anilines is 1. The topological polar surface area (TPSA) is 12.0 Å². The Balaban J connectivity index is 2.32. The highest BCUT2D eigenvalue weighted by molar-refractivity contribution is 5.55. The fourth-order valence-corrected chi connectivity index (χ4v) is 2.14. The smallest absolute Gasteiger partial charge is 0.128 e. The van der Waals surface area contributed by atoms with Crippen LogP contribution in [-0.2, 0) is 12.8 Å². The van der Waals surface area contributed by atoms with E-state index in [1.807, 2.05) is 6.07 Å². The summed E-state index contributed by atoms with van der Waals surface area (Å²) in [5.41, 5.74) is 3.14. The molecule has 1 aliphatic heterocycles. The van der Waals surface area contributed by atoms with E-state index in [2.05, 4.69) is 19.2 Å². The van der Waals surface area contributed by atoms with Gasteiger partial charge in [0.1, 0.15) is 5.82 Å². The minimum absolute atomic E-state index is 0.0585. The molecule has 0 spiro atoms. The van der Waals surface area contributed by atoms with Crippen molar-refractivity contribution in [1.82, 2.24) is 0 Å². The molecule has 0 atom stereocenters. The number of aryl methyl sites for hydroxylation is 1. The Kier molecular flexibility index (Phi) is 2.94. The van der Waals surface area contributed by atoms with Crippen LogP contribution in [0, 0.1) is 11.7 Å². The second kappa shape index (κ2) is 4.21. The van der Waals surface area contributed by atoms with Gasteiger partial charge in [-0.3, -0.25) is 0 Å². The normalized spacial score (nSPS) is 14.9. The van der Waals surface area contributed by atoms with Gasteiger partial charge in [0.15, 0.2) is 0 Å². The Labute approximate surface area is 90.7 Å². The number of benzene rings is 1. The maximum absolute atomic E-state index is 13.7. The van der Waals surface area contributed by atoms with Crippen LogP contribution >= 0.6 is 0 Å². The van der Waals surface area contributed by atoms with E-state index in [1.165, 1.54) is 5.56 Å². The molecular weight excluding hydrogens is 189 g/mol. The van der Waals surface area contributed by atoms with Gasteiger partial charge in [0.2, 0.25) is 0 Å². The van der Waals surface area contributed by atoms with Crippen LogP contribution in [0.25, 0.3) is 0 Å². The molecule has 0 radical (unpaired) electrons. The first-order valence-electron chi connectivity index (χ1n) is 5.72. The van der Waals surface area contributed by atoms with Crippen molar-refractivity contribution in [3.63, 3.8) is 0 Å². The molecule has 0 saturated heterocycles. The van der Waals surface area contributed by atoms with Crippen LogP contribution in [0.5, 0.6) is 0 Å². The van der Waals surface area contributed by atoms with Gasteiger partial charge in [0.25, 0.3) is 0 Å². The third-order valence-corrected chi connectivity index (χ3v) is 2.84. The fourth-order valence-electron chi connectivity index (χ4n) is 2.14. The minimum Gasteiger partial charge on any atom is -0.385 e. The Bertz CT molecular complexity index is 358. The summed E-state index contributed by atoms with van der Waals surface area (Å²) in [6.45, 7) is 5.21. The van der Waals surface area contributed by atoms with Gasteiger partial charge < -0.3 is 5.32 Å². The van der Waals surface area contributed by atoms with Crippen LogP contribution in [0.1, 0.15) is 31.4 Å². The van der Waals surface area contributed by atoms with E-state index in [0.717, 1.165) is 37.1 Å². The zero-order valence-corrected chi connectivity index (χ0v) is 9.44. The third kappa shape index (κ3) is 2.31. The molecule has 1 nitrogen and oxygen atoms in total. The molecule has 2 heteroatoms. The predicted molar refractivity (Wildman–Crippen MR) is 61.8 cm³/mol.